The lowest BCUT2D eigenvalue weighted by atomic mass is 10.1. The molecule has 2 rings (SSSR count). The molecule has 0 atom stereocenters. The summed E-state index contributed by atoms with van der Waals surface area (Å²) >= 11 is 6.06. The van der Waals surface area contributed by atoms with E-state index in [1.54, 1.807) is 25.3 Å². The minimum Gasteiger partial charge on any atom is -0.495 e. The highest BCUT2D eigenvalue weighted by atomic mass is 35.5. The number of ether oxygens (including phenoxy) is 1. The number of methoxy groups -OCH3 is 1. The predicted molar refractivity (Wildman–Crippen MR) is 79.1 cm³/mol. The monoisotopic (exact) mass is 291 g/mol. The van der Waals surface area contributed by atoms with E-state index in [4.69, 9.17) is 21.4 Å². The molecule has 2 aromatic carbocycles. The van der Waals surface area contributed by atoms with Crippen LogP contribution in [0.15, 0.2) is 42.5 Å². The van der Waals surface area contributed by atoms with Gasteiger partial charge in [-0.25, -0.2) is 0 Å². The van der Waals surface area contributed by atoms with Gasteiger partial charge in [0.05, 0.1) is 18.6 Å². The van der Waals surface area contributed by atoms with Crippen LogP contribution in [0, 0.1) is 0 Å². The second-order valence-corrected chi connectivity index (χ2v) is 4.61. The van der Waals surface area contributed by atoms with E-state index in [2.05, 4.69) is 5.32 Å². The van der Waals surface area contributed by atoms with E-state index in [9.17, 15) is 4.79 Å². The topological polar surface area (TPSA) is 58.6 Å². The molecular weight excluding hydrogens is 278 g/mol. The number of halogens is 1. The van der Waals surface area contributed by atoms with Crippen molar-refractivity contribution in [1.29, 1.82) is 0 Å². The molecule has 0 bridgehead atoms. The summed E-state index contributed by atoms with van der Waals surface area (Å²) in [5.74, 6) is -0.275. The molecule has 0 fully saturated rings. The van der Waals surface area contributed by atoms with Gasteiger partial charge in [-0.2, -0.15) is 0 Å². The van der Waals surface area contributed by atoms with Crippen LogP contribution >= 0.6 is 11.6 Å². The maximum Gasteiger partial charge on any atom is 0.307 e. The van der Waals surface area contributed by atoms with E-state index >= 15 is 0 Å². The second kappa shape index (κ2) is 6.30. The normalized spacial score (nSPS) is 10.1. The maximum absolute atomic E-state index is 10.8. The molecule has 0 aliphatic rings. The highest BCUT2D eigenvalue weighted by molar-refractivity contribution is 6.32. The highest BCUT2D eigenvalue weighted by Gasteiger charge is 2.07. The van der Waals surface area contributed by atoms with Crippen molar-refractivity contribution in [3.63, 3.8) is 0 Å². The number of hydrogen-bond donors (Lipinski definition) is 2. The largest absolute Gasteiger partial charge is 0.495 e. The molecule has 0 heterocycles. The van der Waals surface area contributed by atoms with Crippen molar-refractivity contribution in [2.75, 3.05) is 12.4 Å². The first-order valence-electron chi connectivity index (χ1n) is 6.00. The third-order valence-electron chi connectivity index (χ3n) is 2.79. The lowest BCUT2D eigenvalue weighted by Gasteiger charge is -2.12. The molecule has 2 aromatic rings. The van der Waals surface area contributed by atoms with Gasteiger partial charge in [-0.1, -0.05) is 29.8 Å². The summed E-state index contributed by atoms with van der Waals surface area (Å²) in [6.45, 7) is 0. The smallest absolute Gasteiger partial charge is 0.307 e. The first-order valence-corrected chi connectivity index (χ1v) is 6.38. The maximum atomic E-state index is 10.8. The lowest BCUT2D eigenvalue weighted by molar-refractivity contribution is -0.136. The van der Waals surface area contributed by atoms with Crippen molar-refractivity contribution in [3.05, 3.63) is 53.1 Å². The Kier molecular flexibility index (Phi) is 4.48. The first kappa shape index (κ1) is 14.2. The van der Waals surface area contributed by atoms with Crippen LogP contribution in [-0.2, 0) is 11.2 Å². The summed E-state index contributed by atoms with van der Waals surface area (Å²) in [6.07, 6.45) is -0.0347. The van der Waals surface area contributed by atoms with Gasteiger partial charge in [-0.3, -0.25) is 4.79 Å². The van der Waals surface area contributed by atoms with E-state index < -0.39 is 5.97 Å². The molecule has 0 saturated heterocycles. The molecule has 0 saturated carbocycles. The number of aliphatic carboxylic acids is 1. The van der Waals surface area contributed by atoms with Crippen LogP contribution in [0.5, 0.6) is 5.75 Å². The van der Waals surface area contributed by atoms with Crippen molar-refractivity contribution in [2.45, 2.75) is 6.42 Å². The van der Waals surface area contributed by atoms with Crippen LogP contribution in [0.25, 0.3) is 0 Å². The van der Waals surface area contributed by atoms with E-state index in [1.807, 2.05) is 24.3 Å². The standard InChI is InChI=1S/C15H14ClNO3/c1-20-14-7-6-11(9-12(14)16)17-13-5-3-2-4-10(13)8-15(18)19/h2-7,9,17H,8H2,1H3,(H,18,19). The van der Waals surface area contributed by atoms with Gasteiger partial charge in [0.15, 0.2) is 0 Å². The number of hydrogen-bond acceptors (Lipinski definition) is 3. The number of para-hydroxylation sites is 1. The SMILES string of the molecule is COc1ccc(Nc2ccccc2CC(=O)O)cc1Cl. The Bertz CT molecular complexity index is 628. The van der Waals surface area contributed by atoms with Crippen LogP contribution in [0.4, 0.5) is 11.4 Å². The van der Waals surface area contributed by atoms with Gasteiger partial charge in [-0.15, -0.1) is 0 Å². The van der Waals surface area contributed by atoms with Crippen molar-refractivity contribution in [2.24, 2.45) is 0 Å². The van der Waals surface area contributed by atoms with Gasteiger partial charge in [0, 0.05) is 11.4 Å². The fourth-order valence-electron chi connectivity index (χ4n) is 1.86. The molecule has 2 N–H and O–H groups in total. The Labute approximate surface area is 122 Å². The fraction of sp³-hybridized carbons (Fsp3) is 0.133. The fourth-order valence-corrected chi connectivity index (χ4v) is 2.12. The first-order chi connectivity index (χ1) is 9.60. The van der Waals surface area contributed by atoms with Gasteiger partial charge >= 0.3 is 5.97 Å². The van der Waals surface area contributed by atoms with E-state index in [1.165, 1.54) is 0 Å². The second-order valence-electron chi connectivity index (χ2n) is 4.20. The molecule has 0 aliphatic heterocycles. The van der Waals surface area contributed by atoms with Gasteiger partial charge < -0.3 is 15.2 Å². The summed E-state index contributed by atoms with van der Waals surface area (Å²) in [5.41, 5.74) is 2.23. The Balaban J connectivity index is 2.25. The zero-order chi connectivity index (χ0) is 14.5. The van der Waals surface area contributed by atoms with Gasteiger partial charge in [0.25, 0.3) is 0 Å². The molecule has 0 radical (unpaired) electrons. The van der Waals surface area contributed by atoms with Crippen LogP contribution in [0.3, 0.4) is 0 Å². The zero-order valence-electron chi connectivity index (χ0n) is 10.9. The van der Waals surface area contributed by atoms with Crippen LogP contribution < -0.4 is 10.1 Å². The Morgan fingerprint density at radius 1 is 1.30 bits per heavy atom. The third kappa shape index (κ3) is 3.42. The molecule has 104 valence electrons. The van der Waals surface area contributed by atoms with Gasteiger partial charge in [-0.05, 0) is 29.8 Å². The number of rotatable bonds is 5. The zero-order valence-corrected chi connectivity index (χ0v) is 11.6. The summed E-state index contributed by atoms with van der Waals surface area (Å²) in [6, 6.07) is 12.6. The number of anilines is 2. The average Bonchev–Trinajstić information content (AvgIpc) is 2.41. The molecule has 5 heteroatoms. The van der Waals surface area contributed by atoms with Gasteiger partial charge in [0.1, 0.15) is 5.75 Å². The third-order valence-corrected chi connectivity index (χ3v) is 3.09. The highest BCUT2D eigenvalue weighted by Crippen LogP contribution is 2.29. The molecule has 4 nitrogen and oxygen atoms in total. The molecule has 20 heavy (non-hydrogen) atoms. The summed E-state index contributed by atoms with van der Waals surface area (Å²) < 4.78 is 5.09. The summed E-state index contributed by atoms with van der Waals surface area (Å²) in [7, 11) is 1.55. The average molecular weight is 292 g/mol. The molecule has 0 spiro atoms. The van der Waals surface area contributed by atoms with Crippen molar-refractivity contribution >= 4 is 28.9 Å². The Hall–Kier alpha value is -2.20. The Morgan fingerprint density at radius 3 is 2.70 bits per heavy atom. The summed E-state index contributed by atoms with van der Waals surface area (Å²) in [5, 5.41) is 12.6. The van der Waals surface area contributed by atoms with Crippen LogP contribution in [0.1, 0.15) is 5.56 Å². The van der Waals surface area contributed by atoms with E-state index in [-0.39, 0.29) is 6.42 Å². The van der Waals surface area contributed by atoms with Crippen molar-refractivity contribution in [3.8, 4) is 5.75 Å². The van der Waals surface area contributed by atoms with Crippen molar-refractivity contribution in [1.82, 2.24) is 0 Å². The van der Waals surface area contributed by atoms with Crippen LogP contribution in [-0.4, -0.2) is 18.2 Å². The molecule has 0 unspecified atom stereocenters. The Morgan fingerprint density at radius 2 is 2.05 bits per heavy atom. The molecule has 0 aliphatic carbocycles. The predicted octanol–water partition coefficient (Wildman–Crippen LogP) is 3.72. The molecule has 0 amide bonds. The minimum absolute atomic E-state index is 0.0347. The number of carboxylic acids is 1. The quantitative estimate of drug-likeness (QED) is 0.881. The number of carbonyl (C=O) groups is 1. The number of carboxylic acid groups (broad SMARTS) is 1. The van der Waals surface area contributed by atoms with Gasteiger partial charge in [0.2, 0.25) is 0 Å². The van der Waals surface area contributed by atoms with E-state index in [0.29, 0.717) is 16.3 Å². The van der Waals surface area contributed by atoms with Crippen molar-refractivity contribution < 1.29 is 14.6 Å². The summed E-state index contributed by atoms with van der Waals surface area (Å²) in [4.78, 5) is 10.8. The minimum atomic E-state index is -0.869. The molecule has 0 aromatic heterocycles. The lowest BCUT2D eigenvalue weighted by Crippen LogP contribution is -2.03. The number of nitrogens with one attached hydrogen (secondary N) is 1. The molecular formula is C15H14ClNO3. The van der Waals surface area contributed by atoms with E-state index in [0.717, 1.165) is 11.4 Å². The number of benzene rings is 2. The van der Waals surface area contributed by atoms with Crippen LogP contribution in [0.2, 0.25) is 5.02 Å².